The number of nitrogens with zero attached hydrogens (tertiary/aromatic N) is 1. The molecule has 3 nitrogen and oxygen atoms in total. The molecule has 0 aliphatic carbocycles. The molecule has 0 spiro atoms. The highest BCUT2D eigenvalue weighted by molar-refractivity contribution is 7.99. The maximum absolute atomic E-state index is 13.1. The summed E-state index contributed by atoms with van der Waals surface area (Å²) in [5, 5.41) is 0. The van der Waals surface area contributed by atoms with E-state index in [1.54, 1.807) is 30.1 Å². The van der Waals surface area contributed by atoms with Gasteiger partial charge in [-0.2, -0.15) is 0 Å². The van der Waals surface area contributed by atoms with Crippen molar-refractivity contribution in [3.05, 3.63) is 72.1 Å². The van der Waals surface area contributed by atoms with E-state index in [1.165, 1.54) is 3.97 Å². The van der Waals surface area contributed by atoms with Crippen molar-refractivity contribution in [3.63, 3.8) is 0 Å². The van der Waals surface area contributed by atoms with Crippen LogP contribution in [0.15, 0.2) is 70.6 Å². The Hall–Kier alpha value is -1.98. The summed E-state index contributed by atoms with van der Waals surface area (Å²) in [6.45, 7) is 5.89. The minimum Gasteiger partial charge on any atom is -0.244 e. The standard InChI is InChI=1S/C20H21NO2S2/c1-4-24-20-16(3)21(14-19(20)17-8-6-5-7-9-17)25(22,23)18-12-10-15(2)11-13-18/h5-14H,4H2,1-3H3. The Balaban J connectivity index is 2.19. The minimum atomic E-state index is -3.61. The van der Waals surface area contributed by atoms with E-state index in [-0.39, 0.29) is 0 Å². The van der Waals surface area contributed by atoms with Gasteiger partial charge in [0.2, 0.25) is 0 Å². The lowest BCUT2D eigenvalue weighted by molar-refractivity contribution is 0.586. The van der Waals surface area contributed by atoms with Gasteiger partial charge in [-0.3, -0.25) is 0 Å². The lowest BCUT2D eigenvalue weighted by atomic mass is 10.1. The van der Waals surface area contributed by atoms with E-state index in [4.69, 9.17) is 0 Å². The zero-order valence-corrected chi connectivity index (χ0v) is 16.2. The van der Waals surface area contributed by atoms with E-state index in [1.807, 2.05) is 56.3 Å². The average Bonchev–Trinajstić information content (AvgIpc) is 2.94. The van der Waals surface area contributed by atoms with Gasteiger partial charge in [-0.15, -0.1) is 11.8 Å². The molecule has 0 aliphatic heterocycles. The molecule has 3 aromatic rings. The monoisotopic (exact) mass is 371 g/mol. The molecule has 0 atom stereocenters. The molecule has 0 saturated heterocycles. The highest BCUT2D eigenvalue weighted by Gasteiger charge is 2.23. The van der Waals surface area contributed by atoms with Crippen LogP contribution >= 0.6 is 11.8 Å². The fourth-order valence-corrected chi connectivity index (χ4v) is 5.17. The molecule has 0 bridgehead atoms. The van der Waals surface area contributed by atoms with Crippen LogP contribution < -0.4 is 0 Å². The van der Waals surface area contributed by atoms with Crippen LogP contribution in [0, 0.1) is 13.8 Å². The Morgan fingerprint density at radius 3 is 2.20 bits per heavy atom. The Morgan fingerprint density at radius 2 is 1.60 bits per heavy atom. The molecule has 25 heavy (non-hydrogen) atoms. The normalized spacial score (nSPS) is 11.6. The van der Waals surface area contributed by atoms with E-state index >= 15 is 0 Å². The second-order valence-electron chi connectivity index (χ2n) is 5.87. The molecular formula is C20H21NO2S2. The molecule has 0 fully saturated rings. The van der Waals surface area contributed by atoms with Crippen LogP contribution in [0.3, 0.4) is 0 Å². The van der Waals surface area contributed by atoms with E-state index < -0.39 is 10.0 Å². The molecule has 0 amide bonds. The summed E-state index contributed by atoms with van der Waals surface area (Å²) < 4.78 is 27.7. The third-order valence-corrected chi connectivity index (χ3v) is 6.96. The first kappa shape index (κ1) is 17.8. The van der Waals surface area contributed by atoms with Crippen LogP contribution in [0.1, 0.15) is 18.2 Å². The zero-order valence-electron chi connectivity index (χ0n) is 14.6. The van der Waals surface area contributed by atoms with Crippen molar-refractivity contribution in [3.8, 4) is 11.1 Å². The van der Waals surface area contributed by atoms with Gasteiger partial charge >= 0.3 is 0 Å². The first-order valence-electron chi connectivity index (χ1n) is 8.17. The first-order valence-corrected chi connectivity index (χ1v) is 10.6. The molecule has 2 aromatic carbocycles. The zero-order chi connectivity index (χ0) is 18.0. The van der Waals surface area contributed by atoms with Crippen LogP contribution in [0.25, 0.3) is 11.1 Å². The van der Waals surface area contributed by atoms with Gasteiger partial charge in [0.1, 0.15) is 0 Å². The molecule has 1 heterocycles. The third-order valence-electron chi connectivity index (χ3n) is 4.10. The van der Waals surface area contributed by atoms with E-state index in [0.29, 0.717) is 4.90 Å². The van der Waals surface area contributed by atoms with Crippen molar-refractivity contribution in [2.24, 2.45) is 0 Å². The fraction of sp³-hybridized carbons (Fsp3) is 0.200. The summed E-state index contributed by atoms with van der Waals surface area (Å²) in [6.07, 6.45) is 1.75. The van der Waals surface area contributed by atoms with Gasteiger partial charge in [-0.05, 0) is 37.3 Å². The lowest BCUT2D eigenvalue weighted by Crippen LogP contribution is -2.13. The second-order valence-corrected chi connectivity index (χ2v) is 8.96. The van der Waals surface area contributed by atoms with Gasteiger partial charge in [0.05, 0.1) is 4.90 Å². The molecule has 0 saturated carbocycles. The van der Waals surface area contributed by atoms with Gasteiger partial charge in [0, 0.05) is 22.3 Å². The molecule has 0 radical (unpaired) electrons. The van der Waals surface area contributed by atoms with Crippen molar-refractivity contribution in [1.29, 1.82) is 0 Å². The predicted octanol–water partition coefficient (Wildman–Crippen LogP) is 5.12. The molecule has 0 unspecified atom stereocenters. The fourth-order valence-electron chi connectivity index (χ4n) is 2.79. The maximum Gasteiger partial charge on any atom is 0.267 e. The Kier molecular flexibility index (Phi) is 5.06. The number of hydrogen-bond acceptors (Lipinski definition) is 3. The molecule has 0 aliphatic rings. The Bertz CT molecular complexity index is 973. The summed E-state index contributed by atoms with van der Waals surface area (Å²) in [6, 6.07) is 16.9. The van der Waals surface area contributed by atoms with Gasteiger partial charge < -0.3 is 0 Å². The van der Waals surface area contributed by atoms with Crippen molar-refractivity contribution in [1.82, 2.24) is 3.97 Å². The lowest BCUT2D eigenvalue weighted by Gasteiger charge is -2.09. The quantitative estimate of drug-likeness (QED) is 0.584. The summed E-state index contributed by atoms with van der Waals surface area (Å²) in [5.41, 5.74) is 3.78. The summed E-state index contributed by atoms with van der Waals surface area (Å²) in [4.78, 5) is 1.33. The van der Waals surface area contributed by atoms with Crippen molar-refractivity contribution < 1.29 is 8.42 Å². The Morgan fingerprint density at radius 1 is 0.960 bits per heavy atom. The second kappa shape index (κ2) is 7.10. The number of thioether (sulfide) groups is 1. The molecule has 130 valence electrons. The van der Waals surface area contributed by atoms with Crippen LogP contribution in [-0.2, 0) is 10.0 Å². The summed E-state index contributed by atoms with van der Waals surface area (Å²) in [5.74, 6) is 0.884. The van der Waals surface area contributed by atoms with Crippen molar-refractivity contribution in [2.45, 2.75) is 30.6 Å². The first-order chi connectivity index (χ1) is 11.9. The van der Waals surface area contributed by atoms with Crippen molar-refractivity contribution >= 4 is 21.8 Å². The average molecular weight is 372 g/mol. The molecular weight excluding hydrogens is 350 g/mol. The van der Waals surface area contributed by atoms with Crippen LogP contribution in [0.2, 0.25) is 0 Å². The summed E-state index contributed by atoms with van der Waals surface area (Å²) in [7, 11) is -3.61. The topological polar surface area (TPSA) is 39.1 Å². The molecule has 0 N–H and O–H groups in total. The van der Waals surface area contributed by atoms with Gasteiger partial charge in [0.25, 0.3) is 10.0 Å². The van der Waals surface area contributed by atoms with E-state index in [2.05, 4.69) is 6.92 Å². The van der Waals surface area contributed by atoms with Crippen LogP contribution in [0.5, 0.6) is 0 Å². The number of aromatic nitrogens is 1. The molecule has 3 rings (SSSR count). The highest BCUT2D eigenvalue weighted by atomic mass is 32.2. The van der Waals surface area contributed by atoms with Crippen LogP contribution in [-0.4, -0.2) is 18.1 Å². The van der Waals surface area contributed by atoms with Gasteiger partial charge in [0.15, 0.2) is 0 Å². The number of benzene rings is 2. The molecule has 1 aromatic heterocycles. The van der Waals surface area contributed by atoms with E-state index in [9.17, 15) is 8.42 Å². The van der Waals surface area contributed by atoms with Crippen molar-refractivity contribution in [2.75, 3.05) is 5.75 Å². The van der Waals surface area contributed by atoms with Crippen LogP contribution in [0.4, 0.5) is 0 Å². The maximum atomic E-state index is 13.1. The largest absolute Gasteiger partial charge is 0.267 e. The highest BCUT2D eigenvalue weighted by Crippen LogP contribution is 2.37. The predicted molar refractivity (Wildman–Crippen MR) is 105 cm³/mol. The van der Waals surface area contributed by atoms with E-state index in [0.717, 1.165) is 33.0 Å². The minimum absolute atomic E-state index is 0.309. The van der Waals surface area contributed by atoms with Gasteiger partial charge in [-0.25, -0.2) is 12.4 Å². The van der Waals surface area contributed by atoms with Gasteiger partial charge in [-0.1, -0.05) is 55.0 Å². The SMILES string of the molecule is CCSc1c(-c2ccccc2)cn(S(=O)(=O)c2ccc(C)cc2)c1C. The smallest absolute Gasteiger partial charge is 0.244 e. The number of aryl methyl sites for hydroxylation is 1. The summed E-state index contributed by atoms with van der Waals surface area (Å²) >= 11 is 1.67. The third kappa shape index (κ3) is 3.39. The number of hydrogen-bond donors (Lipinski definition) is 0. The Labute approximate surface area is 153 Å². The molecule has 5 heteroatoms. The number of rotatable bonds is 5.